The topological polar surface area (TPSA) is 136 Å². The molecule has 1 unspecified atom stereocenters. The molecule has 41 heavy (non-hydrogen) atoms. The molecule has 0 spiro atoms. The number of sulfone groups is 1. The van der Waals surface area contributed by atoms with Gasteiger partial charge in [-0.1, -0.05) is 12.1 Å². The molecule has 3 aromatic rings. The molecule has 1 heterocycles. The molecule has 1 aliphatic rings. The highest BCUT2D eigenvalue weighted by molar-refractivity contribution is 7.93. The SMILES string of the molecule is COc1cc(C=C2CN(S(=O)(=O)c3ccc(NC(C)=O)cc3)CC(S(=O)(=O)c3ccccc3F)C2=O)cc(OC)c1. The number of methoxy groups -OCH3 is 2. The normalized spacial score (nSPS) is 17.3. The minimum atomic E-state index is -4.66. The van der Waals surface area contributed by atoms with Crippen molar-refractivity contribution in [3.63, 3.8) is 0 Å². The van der Waals surface area contributed by atoms with Crippen LogP contribution in [0.5, 0.6) is 11.5 Å². The van der Waals surface area contributed by atoms with E-state index < -0.39 is 54.7 Å². The number of hydrogen-bond acceptors (Lipinski definition) is 8. The number of halogens is 1. The molecular weight excluding hydrogens is 575 g/mol. The van der Waals surface area contributed by atoms with Gasteiger partial charge in [0.2, 0.25) is 15.9 Å². The molecule has 216 valence electrons. The summed E-state index contributed by atoms with van der Waals surface area (Å²) in [7, 11) is -6.14. The summed E-state index contributed by atoms with van der Waals surface area (Å²) < 4.78 is 80.6. The van der Waals surface area contributed by atoms with Gasteiger partial charge in [-0.25, -0.2) is 21.2 Å². The summed E-state index contributed by atoms with van der Waals surface area (Å²) in [4.78, 5) is 24.1. The van der Waals surface area contributed by atoms with Crippen molar-refractivity contribution in [1.82, 2.24) is 4.31 Å². The summed E-state index contributed by atoms with van der Waals surface area (Å²) in [5.74, 6) is -1.49. The number of amides is 1. The lowest BCUT2D eigenvalue weighted by atomic mass is 10.0. The molecule has 10 nitrogen and oxygen atoms in total. The van der Waals surface area contributed by atoms with E-state index in [0.29, 0.717) is 22.7 Å². The Morgan fingerprint density at radius 2 is 1.59 bits per heavy atom. The fourth-order valence-corrected chi connectivity index (χ4v) is 7.60. The van der Waals surface area contributed by atoms with Gasteiger partial charge in [-0.3, -0.25) is 9.59 Å². The Balaban J connectivity index is 1.82. The molecule has 1 amide bonds. The van der Waals surface area contributed by atoms with E-state index in [4.69, 9.17) is 9.47 Å². The maximum Gasteiger partial charge on any atom is 0.243 e. The van der Waals surface area contributed by atoms with Crippen molar-refractivity contribution in [3.05, 3.63) is 83.7 Å². The predicted octanol–water partition coefficient (Wildman–Crippen LogP) is 3.30. The summed E-state index contributed by atoms with van der Waals surface area (Å²) in [6.07, 6.45) is 1.36. The van der Waals surface area contributed by atoms with Crippen LogP contribution in [0.4, 0.5) is 10.1 Å². The molecule has 1 fully saturated rings. The molecule has 0 bridgehead atoms. The van der Waals surface area contributed by atoms with Gasteiger partial charge in [0.25, 0.3) is 0 Å². The largest absolute Gasteiger partial charge is 0.497 e. The van der Waals surface area contributed by atoms with Gasteiger partial charge in [-0.2, -0.15) is 4.31 Å². The van der Waals surface area contributed by atoms with Crippen molar-refractivity contribution in [2.45, 2.75) is 22.0 Å². The second kappa shape index (κ2) is 11.8. The fourth-order valence-electron chi connectivity index (χ4n) is 4.35. The number of benzene rings is 3. The van der Waals surface area contributed by atoms with Gasteiger partial charge < -0.3 is 14.8 Å². The first-order valence-corrected chi connectivity index (χ1v) is 15.2. The van der Waals surface area contributed by atoms with Crippen LogP contribution in [-0.4, -0.2) is 65.4 Å². The first kappa shape index (κ1) is 29.9. The Morgan fingerprint density at radius 1 is 0.976 bits per heavy atom. The number of ether oxygens (including phenoxy) is 2. The van der Waals surface area contributed by atoms with Gasteiger partial charge in [0, 0.05) is 37.3 Å². The van der Waals surface area contributed by atoms with E-state index in [1.165, 1.54) is 63.6 Å². The zero-order valence-electron chi connectivity index (χ0n) is 22.3. The Morgan fingerprint density at radius 3 is 2.15 bits per heavy atom. The Kier molecular flexibility index (Phi) is 8.61. The van der Waals surface area contributed by atoms with Gasteiger partial charge in [-0.05, 0) is 60.2 Å². The Labute approximate surface area is 237 Å². The molecule has 1 N–H and O–H groups in total. The predicted molar refractivity (Wildman–Crippen MR) is 149 cm³/mol. The van der Waals surface area contributed by atoms with Crippen molar-refractivity contribution in [2.75, 3.05) is 32.6 Å². The van der Waals surface area contributed by atoms with Crippen LogP contribution in [0.1, 0.15) is 12.5 Å². The van der Waals surface area contributed by atoms with E-state index in [1.54, 1.807) is 18.2 Å². The average Bonchev–Trinajstić information content (AvgIpc) is 2.93. The van der Waals surface area contributed by atoms with Crippen molar-refractivity contribution in [2.24, 2.45) is 0 Å². The molecule has 4 rings (SSSR count). The zero-order chi connectivity index (χ0) is 29.9. The quantitative estimate of drug-likeness (QED) is 0.388. The lowest BCUT2D eigenvalue weighted by Gasteiger charge is -2.32. The van der Waals surface area contributed by atoms with E-state index in [-0.39, 0.29) is 16.4 Å². The Hall–Kier alpha value is -4.07. The standard InChI is InChI=1S/C28H27FN2O8S2/c1-18(32)30-21-8-10-24(11-9-21)41(36,37)31-16-20(12-19-13-22(38-2)15-23(14-19)39-3)28(33)27(17-31)40(34,35)26-7-5-4-6-25(26)29/h4-15,27H,16-17H2,1-3H3,(H,30,32). The number of nitrogens with zero attached hydrogens (tertiary/aromatic N) is 1. The number of carbonyl (C=O) groups excluding carboxylic acids is 2. The molecule has 0 saturated carbocycles. The molecule has 1 aliphatic heterocycles. The van der Waals surface area contributed by atoms with Crippen LogP contribution < -0.4 is 14.8 Å². The third-order valence-corrected chi connectivity index (χ3v) is 10.3. The number of carbonyl (C=O) groups is 2. The number of sulfonamides is 1. The van der Waals surface area contributed by atoms with E-state index >= 15 is 0 Å². The van der Waals surface area contributed by atoms with Gasteiger partial charge in [-0.15, -0.1) is 0 Å². The molecule has 0 aliphatic carbocycles. The highest BCUT2D eigenvalue weighted by atomic mass is 32.2. The van der Waals surface area contributed by atoms with E-state index in [2.05, 4.69) is 5.32 Å². The number of piperidine rings is 1. The summed E-state index contributed by atoms with van der Waals surface area (Å²) in [5.41, 5.74) is 0.623. The number of rotatable bonds is 8. The molecule has 13 heteroatoms. The molecule has 1 atom stereocenters. The van der Waals surface area contributed by atoms with Crippen molar-refractivity contribution in [3.8, 4) is 11.5 Å². The first-order valence-electron chi connectivity index (χ1n) is 12.2. The zero-order valence-corrected chi connectivity index (χ0v) is 24.0. The molecule has 0 radical (unpaired) electrons. The minimum absolute atomic E-state index is 0.130. The number of ketones is 1. The van der Waals surface area contributed by atoms with Crippen molar-refractivity contribution >= 4 is 43.3 Å². The van der Waals surface area contributed by atoms with E-state index in [1.807, 2.05) is 0 Å². The first-order chi connectivity index (χ1) is 19.4. The highest BCUT2D eigenvalue weighted by Gasteiger charge is 2.45. The minimum Gasteiger partial charge on any atom is -0.497 e. The second-order valence-electron chi connectivity index (χ2n) is 9.15. The number of anilines is 1. The van der Waals surface area contributed by atoms with Crippen molar-refractivity contribution < 1.29 is 40.3 Å². The number of hydrogen-bond donors (Lipinski definition) is 1. The molecule has 1 saturated heterocycles. The lowest BCUT2D eigenvalue weighted by molar-refractivity contribution is -0.116. The smallest absolute Gasteiger partial charge is 0.243 e. The van der Waals surface area contributed by atoms with Gasteiger partial charge in [0.1, 0.15) is 27.5 Å². The van der Waals surface area contributed by atoms with Crippen LogP contribution in [0, 0.1) is 5.82 Å². The second-order valence-corrected chi connectivity index (χ2v) is 13.2. The van der Waals surface area contributed by atoms with E-state index in [9.17, 15) is 30.8 Å². The Bertz CT molecular complexity index is 1710. The van der Waals surface area contributed by atoms with Crippen molar-refractivity contribution in [1.29, 1.82) is 0 Å². The summed E-state index contributed by atoms with van der Waals surface area (Å²) in [6.45, 7) is 0.124. The molecular formula is C28H27FN2O8S2. The number of Topliss-reactive ketones (excluding diaryl/α,β-unsaturated/α-hetero) is 1. The third kappa shape index (κ3) is 6.32. The summed E-state index contributed by atoms with van der Waals surface area (Å²) in [6, 6.07) is 14.6. The van der Waals surface area contributed by atoms with Crippen LogP contribution in [0.2, 0.25) is 0 Å². The fraction of sp³-hybridized carbons (Fsp3) is 0.214. The highest BCUT2D eigenvalue weighted by Crippen LogP contribution is 2.31. The maximum atomic E-state index is 14.6. The molecule has 0 aromatic heterocycles. The molecule has 3 aromatic carbocycles. The van der Waals surface area contributed by atoms with Crippen LogP contribution in [-0.2, 0) is 29.4 Å². The van der Waals surface area contributed by atoms with Crippen LogP contribution in [0.15, 0.2) is 82.1 Å². The van der Waals surface area contributed by atoms with Crippen LogP contribution in [0.25, 0.3) is 6.08 Å². The maximum absolute atomic E-state index is 14.6. The van der Waals surface area contributed by atoms with Crippen LogP contribution >= 0.6 is 0 Å². The van der Waals surface area contributed by atoms with Gasteiger partial charge >= 0.3 is 0 Å². The van der Waals surface area contributed by atoms with Gasteiger partial charge in [0.15, 0.2) is 15.6 Å². The van der Waals surface area contributed by atoms with Crippen LogP contribution in [0.3, 0.4) is 0 Å². The third-order valence-electron chi connectivity index (χ3n) is 6.37. The monoisotopic (exact) mass is 602 g/mol. The van der Waals surface area contributed by atoms with E-state index in [0.717, 1.165) is 16.4 Å². The lowest BCUT2D eigenvalue weighted by Crippen LogP contribution is -2.51. The summed E-state index contributed by atoms with van der Waals surface area (Å²) >= 11 is 0. The van der Waals surface area contributed by atoms with Gasteiger partial charge in [0.05, 0.1) is 19.1 Å². The summed E-state index contributed by atoms with van der Waals surface area (Å²) in [5, 5.41) is 0.619. The number of nitrogens with one attached hydrogen (secondary N) is 1. The average molecular weight is 603 g/mol.